The number of sulfonamides is 1. The summed E-state index contributed by atoms with van der Waals surface area (Å²) >= 11 is 1.37. The second-order valence-corrected chi connectivity index (χ2v) is 15.2. The van der Waals surface area contributed by atoms with Crippen molar-refractivity contribution in [3.05, 3.63) is 63.0 Å². The van der Waals surface area contributed by atoms with E-state index in [1.807, 2.05) is 5.38 Å². The van der Waals surface area contributed by atoms with Gasteiger partial charge in [-0.25, -0.2) is 22.6 Å². The summed E-state index contributed by atoms with van der Waals surface area (Å²) in [6.07, 6.45) is 1.39. The molecule has 2 N–H and O–H groups in total. The fraction of sp³-hybridized carbons (Fsp3) is 0.533. The topological polar surface area (TPSA) is 151 Å². The fourth-order valence-electron chi connectivity index (χ4n) is 6.64. The van der Waals surface area contributed by atoms with Crippen molar-refractivity contribution in [2.75, 3.05) is 39.4 Å². The molecule has 3 atom stereocenters. The second-order valence-electron chi connectivity index (χ2n) is 12.1. The highest BCUT2D eigenvalue weighted by Gasteiger charge is 2.55. The number of carboxylic acids is 1. The zero-order chi connectivity index (χ0) is 32.1. The Morgan fingerprint density at radius 2 is 2.07 bits per heavy atom. The van der Waals surface area contributed by atoms with Crippen molar-refractivity contribution in [1.29, 1.82) is 0 Å². The van der Waals surface area contributed by atoms with Crippen molar-refractivity contribution in [2.24, 2.45) is 10.4 Å². The van der Waals surface area contributed by atoms with Crippen LogP contribution < -0.4 is 5.32 Å². The minimum atomic E-state index is -3.74. The summed E-state index contributed by atoms with van der Waals surface area (Å²) in [6, 6.07) is 3.51. The van der Waals surface area contributed by atoms with Crippen LogP contribution in [0, 0.1) is 18.2 Å². The van der Waals surface area contributed by atoms with Gasteiger partial charge in [0.15, 0.2) is 10.8 Å². The number of hydrogen-bond donors (Lipinski definition) is 2. The molecule has 1 aromatic heterocycles. The number of ether oxygens (including phenoxy) is 2. The second kappa shape index (κ2) is 12.2. The molecular formula is C30H36FN5O7S2. The van der Waals surface area contributed by atoms with Gasteiger partial charge in [-0.3, -0.25) is 14.7 Å². The molecule has 0 spiro atoms. The number of benzene rings is 1. The molecule has 15 heteroatoms. The van der Waals surface area contributed by atoms with Crippen LogP contribution in [0.3, 0.4) is 0 Å². The lowest BCUT2D eigenvalue weighted by Gasteiger charge is -2.42. The minimum absolute atomic E-state index is 0.0700. The van der Waals surface area contributed by atoms with Crippen LogP contribution in [0.25, 0.3) is 0 Å². The molecule has 45 heavy (non-hydrogen) atoms. The number of carbonyl (C=O) groups excluding carboxylic acids is 1. The zero-order valence-corrected chi connectivity index (χ0v) is 26.9. The Morgan fingerprint density at radius 3 is 2.76 bits per heavy atom. The van der Waals surface area contributed by atoms with Gasteiger partial charge >= 0.3 is 11.9 Å². The Morgan fingerprint density at radius 1 is 1.29 bits per heavy atom. The Labute approximate surface area is 265 Å². The van der Waals surface area contributed by atoms with Gasteiger partial charge in [0.05, 0.1) is 41.6 Å². The van der Waals surface area contributed by atoms with Crippen LogP contribution in [0.1, 0.15) is 48.9 Å². The predicted octanol–water partition coefficient (Wildman–Crippen LogP) is 2.47. The van der Waals surface area contributed by atoms with Gasteiger partial charge in [0.25, 0.3) is 0 Å². The molecule has 1 aromatic carbocycles. The molecule has 3 aliphatic heterocycles. The Balaban J connectivity index is 1.32. The van der Waals surface area contributed by atoms with Crippen LogP contribution in [-0.2, 0) is 29.1 Å². The summed E-state index contributed by atoms with van der Waals surface area (Å²) in [5, 5.41) is 14.5. The number of nitrogens with zero attached hydrogens (tertiary/aromatic N) is 4. The number of halogens is 1. The van der Waals surface area contributed by atoms with Crippen molar-refractivity contribution >= 4 is 39.1 Å². The Hall–Kier alpha value is -3.24. The number of fused-ring (bicyclic) bond motifs is 1. The van der Waals surface area contributed by atoms with Gasteiger partial charge in [0.1, 0.15) is 11.9 Å². The highest BCUT2D eigenvalue weighted by atomic mass is 32.2. The third kappa shape index (κ3) is 5.80. The maximum absolute atomic E-state index is 14.8. The van der Waals surface area contributed by atoms with E-state index in [0.29, 0.717) is 40.8 Å². The molecule has 6 rings (SSSR count). The largest absolute Gasteiger partial charge is 0.481 e. The van der Waals surface area contributed by atoms with Gasteiger partial charge in [0.2, 0.25) is 10.0 Å². The van der Waals surface area contributed by atoms with Crippen molar-refractivity contribution < 1.29 is 37.0 Å². The maximum Gasteiger partial charge on any atom is 0.338 e. The van der Waals surface area contributed by atoms with E-state index in [1.54, 1.807) is 39.1 Å². The van der Waals surface area contributed by atoms with Crippen LogP contribution in [0.2, 0.25) is 0 Å². The average Bonchev–Trinajstić information content (AvgIpc) is 3.68. The SMILES string of the molecule is CCOC(=O)C1=C(CN2CCO[C@@H]3CN(S(=O)(=O)C4CC(C)(C(=O)O)C4)C[C@@H]32)NC(c2nccs2)=NC1c1cccc(F)c1C. The van der Waals surface area contributed by atoms with Gasteiger partial charge < -0.3 is 19.9 Å². The van der Waals surface area contributed by atoms with Crippen LogP contribution >= 0.6 is 11.3 Å². The van der Waals surface area contributed by atoms with Gasteiger partial charge in [-0.05, 0) is 50.8 Å². The quantitative estimate of drug-likeness (QED) is 0.384. The summed E-state index contributed by atoms with van der Waals surface area (Å²) in [6.45, 7) is 6.46. The predicted molar refractivity (Wildman–Crippen MR) is 164 cm³/mol. The molecule has 2 saturated heterocycles. The summed E-state index contributed by atoms with van der Waals surface area (Å²) in [5.41, 5.74) is 0.617. The number of thiazole rings is 1. The number of nitrogens with one attached hydrogen (secondary N) is 1. The van der Waals surface area contributed by atoms with Crippen LogP contribution in [0.4, 0.5) is 4.39 Å². The fourth-order valence-corrected chi connectivity index (χ4v) is 9.52. The molecule has 0 amide bonds. The van der Waals surface area contributed by atoms with Crippen molar-refractivity contribution in [2.45, 2.75) is 57.1 Å². The minimum Gasteiger partial charge on any atom is -0.481 e. The number of carbonyl (C=O) groups is 2. The number of rotatable bonds is 9. The number of aliphatic imine (C=N–C) groups is 1. The van der Waals surface area contributed by atoms with E-state index in [4.69, 9.17) is 14.5 Å². The molecule has 0 radical (unpaired) electrons. The molecule has 3 fully saturated rings. The smallest absolute Gasteiger partial charge is 0.338 e. The van der Waals surface area contributed by atoms with Crippen molar-refractivity contribution in [3.8, 4) is 0 Å². The Bertz CT molecular complexity index is 1660. The first-order valence-corrected chi connectivity index (χ1v) is 17.3. The number of amidine groups is 1. The highest BCUT2D eigenvalue weighted by molar-refractivity contribution is 7.89. The van der Waals surface area contributed by atoms with Crippen molar-refractivity contribution in [1.82, 2.24) is 19.5 Å². The highest BCUT2D eigenvalue weighted by Crippen LogP contribution is 2.46. The lowest BCUT2D eigenvalue weighted by Crippen LogP contribution is -2.53. The molecule has 4 heterocycles. The third-order valence-corrected chi connectivity index (χ3v) is 12.2. The van der Waals surface area contributed by atoms with Crippen LogP contribution in [0.15, 0.2) is 46.0 Å². The van der Waals surface area contributed by atoms with E-state index in [0.717, 1.165) is 0 Å². The molecule has 1 saturated carbocycles. The molecule has 242 valence electrons. The van der Waals surface area contributed by atoms with Crippen molar-refractivity contribution in [3.63, 3.8) is 0 Å². The Kier molecular flexibility index (Phi) is 8.58. The summed E-state index contributed by atoms with van der Waals surface area (Å²) in [4.78, 5) is 36.5. The number of aliphatic carboxylic acids is 1. The van der Waals surface area contributed by atoms with Gasteiger partial charge in [0, 0.05) is 43.5 Å². The molecule has 1 aliphatic carbocycles. The zero-order valence-electron chi connectivity index (χ0n) is 25.2. The van der Waals surface area contributed by atoms with Gasteiger partial charge in [-0.1, -0.05) is 12.1 Å². The molecular weight excluding hydrogens is 625 g/mol. The van der Waals surface area contributed by atoms with E-state index in [1.165, 1.54) is 21.7 Å². The molecule has 2 aromatic rings. The molecule has 0 bridgehead atoms. The first-order chi connectivity index (χ1) is 21.4. The van der Waals surface area contributed by atoms with E-state index >= 15 is 0 Å². The lowest BCUT2D eigenvalue weighted by molar-refractivity contribution is -0.152. The first kappa shape index (κ1) is 31.7. The monoisotopic (exact) mass is 661 g/mol. The third-order valence-electron chi connectivity index (χ3n) is 9.26. The first-order valence-electron chi connectivity index (χ1n) is 14.9. The maximum atomic E-state index is 14.8. The standard InChI is InChI=1S/C30H36FN5O7S2/c1-4-42-28(37)24-21(33-26(27-32-8-11-44-27)34-25(24)19-6-5-7-20(31)17(19)2)14-35-9-10-43-23-16-36(15-22(23)35)45(40,41)18-12-30(3,13-18)29(38)39/h5-8,11,18,22-23,25H,4,9-10,12-16H2,1-3H3,(H,33,34)(H,38,39)/t18?,22-,23+,25?,30?/m0/s1. The summed E-state index contributed by atoms with van der Waals surface area (Å²) in [7, 11) is -3.74. The van der Waals surface area contributed by atoms with E-state index in [-0.39, 0.29) is 50.7 Å². The van der Waals surface area contributed by atoms with E-state index < -0.39 is 50.6 Å². The number of aromatic nitrogens is 1. The number of morpholine rings is 1. The van der Waals surface area contributed by atoms with E-state index in [9.17, 15) is 27.5 Å². The summed E-state index contributed by atoms with van der Waals surface area (Å²) in [5.74, 6) is -1.55. The van der Waals surface area contributed by atoms with E-state index in [2.05, 4.69) is 15.2 Å². The van der Waals surface area contributed by atoms with Gasteiger partial charge in [-0.2, -0.15) is 4.31 Å². The lowest BCUT2D eigenvalue weighted by atomic mass is 9.70. The summed E-state index contributed by atoms with van der Waals surface area (Å²) < 4.78 is 54.8. The number of carboxylic acid groups (broad SMARTS) is 1. The van der Waals surface area contributed by atoms with Gasteiger partial charge in [-0.15, -0.1) is 11.3 Å². The molecule has 12 nitrogen and oxygen atoms in total. The molecule has 1 unspecified atom stereocenters. The normalized spacial score (nSPS) is 29.0. The average molecular weight is 662 g/mol. The molecule has 4 aliphatic rings. The van der Waals surface area contributed by atoms with Crippen LogP contribution in [-0.4, -0.2) is 102 Å². The number of esters is 1. The van der Waals surface area contributed by atoms with Crippen LogP contribution in [0.5, 0.6) is 0 Å². The number of hydrogen-bond acceptors (Lipinski definition) is 11.